The van der Waals surface area contributed by atoms with Crippen LogP contribution in [0.4, 0.5) is 0 Å². The highest BCUT2D eigenvalue weighted by Gasteiger charge is 2.58. The third-order valence-electron chi connectivity index (χ3n) is 4.90. The van der Waals surface area contributed by atoms with E-state index in [0.29, 0.717) is 13.1 Å². The summed E-state index contributed by atoms with van der Waals surface area (Å²) >= 11 is 1.62. The van der Waals surface area contributed by atoms with Crippen LogP contribution in [-0.2, 0) is 16.1 Å². The number of nitrogens with one attached hydrogen (secondary N) is 1. The SMILES string of the molecule is CCCN1C(=O)[C@@H]2[C@@H](c3cccs3)NN(Cc3ccccc3)[C@@H]2C1=O. The van der Waals surface area contributed by atoms with Crippen molar-refractivity contribution < 1.29 is 9.59 Å². The van der Waals surface area contributed by atoms with Crippen molar-refractivity contribution in [1.29, 1.82) is 0 Å². The average Bonchev–Trinajstić information content (AvgIpc) is 3.31. The second-order valence-electron chi connectivity index (χ2n) is 6.53. The van der Waals surface area contributed by atoms with Crippen LogP contribution in [0.5, 0.6) is 0 Å². The number of thiophene rings is 1. The quantitative estimate of drug-likeness (QED) is 0.838. The minimum Gasteiger partial charge on any atom is -0.281 e. The Morgan fingerprint density at radius 2 is 1.88 bits per heavy atom. The van der Waals surface area contributed by atoms with Crippen LogP contribution in [0.25, 0.3) is 0 Å². The molecule has 3 heterocycles. The van der Waals surface area contributed by atoms with Crippen LogP contribution < -0.4 is 5.43 Å². The van der Waals surface area contributed by atoms with E-state index < -0.39 is 6.04 Å². The topological polar surface area (TPSA) is 52.7 Å². The molecule has 6 heteroatoms. The van der Waals surface area contributed by atoms with E-state index in [2.05, 4.69) is 5.43 Å². The first-order valence-electron chi connectivity index (χ1n) is 8.66. The normalized spacial score (nSPS) is 26.4. The highest BCUT2D eigenvalue weighted by Crippen LogP contribution is 2.41. The Balaban J connectivity index is 1.67. The number of benzene rings is 1. The zero-order chi connectivity index (χ0) is 17.4. The van der Waals surface area contributed by atoms with Gasteiger partial charge in [0.2, 0.25) is 11.8 Å². The van der Waals surface area contributed by atoms with Gasteiger partial charge in [-0.3, -0.25) is 14.5 Å². The lowest BCUT2D eigenvalue weighted by atomic mass is 9.95. The van der Waals surface area contributed by atoms with E-state index >= 15 is 0 Å². The molecule has 25 heavy (non-hydrogen) atoms. The number of carbonyl (C=O) groups excluding carboxylic acids is 2. The van der Waals surface area contributed by atoms with Crippen molar-refractivity contribution in [1.82, 2.24) is 15.3 Å². The molecule has 2 amide bonds. The number of rotatable bonds is 5. The van der Waals surface area contributed by atoms with Gasteiger partial charge >= 0.3 is 0 Å². The summed E-state index contributed by atoms with van der Waals surface area (Å²) in [5.41, 5.74) is 4.56. The molecular formula is C19H21N3O2S. The maximum absolute atomic E-state index is 12.9. The maximum atomic E-state index is 12.9. The average molecular weight is 355 g/mol. The first-order valence-corrected chi connectivity index (χ1v) is 9.54. The van der Waals surface area contributed by atoms with E-state index in [0.717, 1.165) is 16.9 Å². The van der Waals surface area contributed by atoms with Gasteiger partial charge in [-0.05, 0) is 23.4 Å². The van der Waals surface area contributed by atoms with Gasteiger partial charge in [-0.15, -0.1) is 11.3 Å². The first-order chi connectivity index (χ1) is 12.2. The molecule has 2 aliphatic heterocycles. The highest BCUT2D eigenvalue weighted by atomic mass is 32.1. The lowest BCUT2D eigenvalue weighted by Crippen LogP contribution is -2.45. The molecule has 0 radical (unpaired) electrons. The molecule has 130 valence electrons. The molecule has 4 rings (SSSR count). The highest BCUT2D eigenvalue weighted by molar-refractivity contribution is 7.10. The molecule has 1 aromatic heterocycles. The van der Waals surface area contributed by atoms with E-state index in [4.69, 9.17) is 0 Å². The van der Waals surface area contributed by atoms with Crippen LogP contribution in [0, 0.1) is 5.92 Å². The van der Waals surface area contributed by atoms with Gasteiger partial charge in [0.25, 0.3) is 0 Å². The molecule has 5 nitrogen and oxygen atoms in total. The third-order valence-corrected chi connectivity index (χ3v) is 5.86. The first kappa shape index (κ1) is 16.4. The van der Waals surface area contributed by atoms with Crippen molar-refractivity contribution in [3.63, 3.8) is 0 Å². The summed E-state index contributed by atoms with van der Waals surface area (Å²) in [6.07, 6.45) is 0.784. The molecule has 2 aromatic rings. The summed E-state index contributed by atoms with van der Waals surface area (Å²) in [5, 5.41) is 3.97. The monoisotopic (exact) mass is 355 g/mol. The molecule has 2 saturated heterocycles. The van der Waals surface area contributed by atoms with Crippen molar-refractivity contribution in [2.24, 2.45) is 5.92 Å². The number of hydrogen-bond donors (Lipinski definition) is 1. The fraction of sp³-hybridized carbons (Fsp3) is 0.368. The van der Waals surface area contributed by atoms with Crippen LogP contribution in [0.15, 0.2) is 47.8 Å². The number of fused-ring (bicyclic) bond motifs is 1. The molecule has 1 N–H and O–H groups in total. The van der Waals surface area contributed by atoms with Crippen LogP contribution in [0.3, 0.4) is 0 Å². The smallest absolute Gasteiger partial charge is 0.248 e. The standard InChI is InChI=1S/C19H21N3O2S/c1-2-10-21-18(23)15-16(14-9-6-11-25-14)20-22(17(15)19(21)24)12-13-7-4-3-5-8-13/h3-9,11,15-17,20H,2,10,12H2,1H3/t15-,16-,17+/m1/s1. The number of hydrogen-bond acceptors (Lipinski definition) is 5. The predicted molar refractivity (Wildman–Crippen MR) is 96.5 cm³/mol. The Labute approximate surface area is 151 Å². The minimum absolute atomic E-state index is 0.0432. The molecule has 1 aromatic carbocycles. The van der Waals surface area contributed by atoms with E-state index in [1.807, 2.05) is 59.8 Å². The summed E-state index contributed by atoms with van der Waals surface area (Å²) in [7, 11) is 0. The summed E-state index contributed by atoms with van der Waals surface area (Å²) in [4.78, 5) is 28.4. The summed E-state index contributed by atoms with van der Waals surface area (Å²) in [5.74, 6) is -0.459. The second-order valence-corrected chi connectivity index (χ2v) is 7.51. The number of nitrogens with zero attached hydrogens (tertiary/aromatic N) is 2. The summed E-state index contributed by atoms with van der Waals surface area (Å²) < 4.78 is 0. The van der Waals surface area contributed by atoms with Gasteiger partial charge in [-0.25, -0.2) is 10.4 Å². The Bertz CT molecular complexity index is 762. The molecule has 0 saturated carbocycles. The lowest BCUT2D eigenvalue weighted by Gasteiger charge is -2.24. The van der Waals surface area contributed by atoms with Gasteiger partial charge in [0, 0.05) is 18.0 Å². The number of likely N-dealkylation sites (tertiary alicyclic amines) is 1. The van der Waals surface area contributed by atoms with Crippen molar-refractivity contribution in [2.75, 3.05) is 6.54 Å². The summed E-state index contributed by atoms with van der Waals surface area (Å²) in [6.45, 7) is 3.09. The Hall–Kier alpha value is -2.02. The molecule has 0 aliphatic carbocycles. The Kier molecular flexibility index (Phi) is 4.41. The van der Waals surface area contributed by atoms with E-state index in [-0.39, 0.29) is 23.8 Å². The Morgan fingerprint density at radius 3 is 2.56 bits per heavy atom. The number of carbonyl (C=O) groups is 2. The van der Waals surface area contributed by atoms with Crippen molar-refractivity contribution in [3.05, 3.63) is 58.3 Å². The summed E-state index contributed by atoms with van der Waals surface area (Å²) in [6, 6.07) is 13.5. The zero-order valence-corrected chi connectivity index (χ0v) is 14.9. The second kappa shape index (κ2) is 6.71. The molecule has 0 spiro atoms. The number of hydrazine groups is 1. The van der Waals surface area contributed by atoms with Gasteiger partial charge in [0.05, 0.1) is 12.0 Å². The van der Waals surface area contributed by atoms with Crippen molar-refractivity contribution in [2.45, 2.75) is 32.0 Å². The molecular weight excluding hydrogens is 334 g/mol. The molecule has 2 aliphatic rings. The molecule has 0 unspecified atom stereocenters. The number of imide groups is 1. The Morgan fingerprint density at radius 1 is 1.08 bits per heavy atom. The predicted octanol–water partition coefficient (Wildman–Crippen LogP) is 2.57. The van der Waals surface area contributed by atoms with E-state index in [1.165, 1.54) is 4.90 Å². The fourth-order valence-corrected chi connectivity index (χ4v) is 4.62. The van der Waals surface area contributed by atoms with Crippen molar-refractivity contribution in [3.8, 4) is 0 Å². The molecule has 0 bridgehead atoms. The van der Waals surface area contributed by atoms with Gasteiger partial charge < -0.3 is 0 Å². The van der Waals surface area contributed by atoms with Crippen LogP contribution in [0.1, 0.15) is 29.8 Å². The van der Waals surface area contributed by atoms with Gasteiger partial charge in [-0.1, -0.05) is 43.3 Å². The van der Waals surface area contributed by atoms with Crippen molar-refractivity contribution >= 4 is 23.2 Å². The van der Waals surface area contributed by atoms with Gasteiger partial charge in [0.15, 0.2) is 0 Å². The fourth-order valence-electron chi connectivity index (χ4n) is 3.81. The van der Waals surface area contributed by atoms with E-state index in [1.54, 1.807) is 11.3 Å². The maximum Gasteiger partial charge on any atom is 0.248 e. The largest absolute Gasteiger partial charge is 0.281 e. The number of amides is 2. The van der Waals surface area contributed by atoms with Gasteiger partial charge in [0.1, 0.15) is 6.04 Å². The third kappa shape index (κ3) is 2.80. The van der Waals surface area contributed by atoms with Crippen LogP contribution in [0.2, 0.25) is 0 Å². The van der Waals surface area contributed by atoms with E-state index in [9.17, 15) is 9.59 Å². The van der Waals surface area contributed by atoms with Crippen LogP contribution in [-0.4, -0.2) is 34.3 Å². The molecule has 2 fully saturated rings. The lowest BCUT2D eigenvalue weighted by molar-refractivity contribution is -0.141. The van der Waals surface area contributed by atoms with Crippen LogP contribution >= 0.6 is 11.3 Å². The molecule has 3 atom stereocenters. The minimum atomic E-state index is -0.425. The van der Waals surface area contributed by atoms with Gasteiger partial charge in [-0.2, -0.15) is 0 Å². The zero-order valence-electron chi connectivity index (χ0n) is 14.1.